The summed E-state index contributed by atoms with van der Waals surface area (Å²) in [6, 6.07) is 14.0. The van der Waals surface area contributed by atoms with Crippen LogP contribution in [0.4, 0.5) is 4.39 Å². The molecule has 0 saturated carbocycles. The van der Waals surface area contributed by atoms with Gasteiger partial charge in [-0.1, -0.05) is 41.9 Å². The number of aromatic nitrogens is 1. The number of ether oxygens (including phenoxy) is 1. The van der Waals surface area contributed by atoms with E-state index in [-0.39, 0.29) is 10.9 Å². The standard InChI is InChI=1S/C19H18ClFN2O2/c1-13-9-15(20)16(21)7-8-22-17(10-13)18(24)23-19(11-25-12-19)14-5-3-2-4-6-14/h2-10,22H,11-12H2,1H3,(H,23,24). The lowest BCUT2D eigenvalue weighted by atomic mass is 9.88. The van der Waals surface area contributed by atoms with Crippen LogP contribution in [0.5, 0.6) is 0 Å². The molecule has 1 saturated heterocycles. The highest BCUT2D eigenvalue weighted by molar-refractivity contribution is 6.30. The number of halogens is 2. The maximum Gasteiger partial charge on any atom is 0.268 e. The summed E-state index contributed by atoms with van der Waals surface area (Å²) in [4.78, 5) is 15.6. The number of benzene rings is 1. The largest absolute Gasteiger partial charge is 0.376 e. The molecule has 1 fully saturated rings. The van der Waals surface area contributed by atoms with Crippen molar-refractivity contribution in [1.82, 2.24) is 10.3 Å². The lowest BCUT2D eigenvalue weighted by Gasteiger charge is -2.42. The molecule has 3 rings (SSSR count). The molecule has 1 aliphatic heterocycles. The van der Waals surface area contributed by atoms with Crippen molar-refractivity contribution in [1.29, 1.82) is 0 Å². The first-order chi connectivity index (χ1) is 12.0. The van der Waals surface area contributed by atoms with Gasteiger partial charge in [-0.05, 0) is 36.2 Å². The van der Waals surface area contributed by atoms with Gasteiger partial charge in [-0.25, -0.2) is 4.39 Å². The van der Waals surface area contributed by atoms with E-state index in [1.54, 1.807) is 13.0 Å². The Morgan fingerprint density at radius 2 is 1.96 bits per heavy atom. The van der Waals surface area contributed by atoms with Gasteiger partial charge in [0.1, 0.15) is 17.1 Å². The van der Waals surface area contributed by atoms with Crippen LogP contribution in [0.15, 0.2) is 54.7 Å². The first kappa shape index (κ1) is 17.5. The van der Waals surface area contributed by atoms with Crippen molar-refractivity contribution >= 4 is 17.5 Å². The SMILES string of the molecule is Cc1cc(C(=O)NC2(c3ccccc3)COC2)[nH]ccc(F)c(Cl)c1. The zero-order chi connectivity index (χ0) is 17.9. The summed E-state index contributed by atoms with van der Waals surface area (Å²) in [5, 5.41) is 3.02. The van der Waals surface area contributed by atoms with Gasteiger partial charge in [-0.3, -0.25) is 4.79 Å². The fourth-order valence-corrected chi connectivity index (χ4v) is 2.89. The van der Waals surface area contributed by atoms with E-state index in [0.717, 1.165) is 5.56 Å². The van der Waals surface area contributed by atoms with Crippen LogP contribution >= 0.6 is 11.6 Å². The van der Waals surface area contributed by atoms with Gasteiger partial charge in [-0.2, -0.15) is 0 Å². The molecule has 2 N–H and O–H groups in total. The summed E-state index contributed by atoms with van der Waals surface area (Å²) in [7, 11) is 0. The third-order valence-corrected chi connectivity index (χ3v) is 4.33. The molecule has 0 radical (unpaired) electrons. The number of carbonyl (C=O) groups is 1. The Balaban J connectivity index is 1.93. The Labute approximate surface area is 150 Å². The quantitative estimate of drug-likeness (QED) is 0.872. The molecule has 130 valence electrons. The average molecular weight is 361 g/mol. The molecule has 1 amide bonds. The molecule has 0 bridgehead atoms. The average Bonchev–Trinajstić information content (AvgIpc) is 2.62. The van der Waals surface area contributed by atoms with Crippen molar-refractivity contribution in [3.05, 3.63) is 82.4 Å². The molecule has 0 spiro atoms. The maximum absolute atomic E-state index is 13.7. The second-order valence-corrected chi connectivity index (χ2v) is 6.42. The van der Waals surface area contributed by atoms with Crippen molar-refractivity contribution in [3.8, 4) is 0 Å². The molecule has 1 aliphatic rings. The van der Waals surface area contributed by atoms with Gasteiger partial charge in [0, 0.05) is 6.20 Å². The van der Waals surface area contributed by atoms with E-state index in [1.165, 1.54) is 18.3 Å². The number of hydrogen-bond donors (Lipinski definition) is 2. The maximum atomic E-state index is 13.7. The lowest BCUT2D eigenvalue weighted by molar-refractivity contribution is -0.0734. The monoisotopic (exact) mass is 360 g/mol. The van der Waals surface area contributed by atoms with E-state index in [0.29, 0.717) is 24.5 Å². The van der Waals surface area contributed by atoms with E-state index in [9.17, 15) is 9.18 Å². The zero-order valence-corrected chi connectivity index (χ0v) is 14.4. The topological polar surface area (TPSA) is 54.1 Å². The van der Waals surface area contributed by atoms with Crippen LogP contribution in [0.2, 0.25) is 5.02 Å². The van der Waals surface area contributed by atoms with Gasteiger partial charge in [0.05, 0.1) is 18.2 Å². The second-order valence-electron chi connectivity index (χ2n) is 6.01. The molecule has 1 aromatic carbocycles. The molecule has 4 nitrogen and oxygen atoms in total. The molecule has 1 aromatic heterocycles. The number of rotatable bonds is 3. The van der Waals surface area contributed by atoms with Crippen molar-refractivity contribution in [2.45, 2.75) is 12.5 Å². The van der Waals surface area contributed by atoms with Crippen molar-refractivity contribution < 1.29 is 13.9 Å². The number of amides is 1. The zero-order valence-electron chi connectivity index (χ0n) is 13.7. The van der Waals surface area contributed by atoms with Crippen molar-refractivity contribution in [2.75, 3.05) is 13.2 Å². The summed E-state index contributed by atoms with van der Waals surface area (Å²) in [6.07, 6.45) is 1.35. The van der Waals surface area contributed by atoms with Crippen LogP contribution in [0, 0.1) is 12.7 Å². The highest BCUT2D eigenvalue weighted by Crippen LogP contribution is 2.29. The molecule has 0 unspecified atom stereocenters. The minimum atomic E-state index is -0.572. The second kappa shape index (κ2) is 7.25. The van der Waals surface area contributed by atoms with Crippen LogP contribution in [0.25, 0.3) is 0 Å². The van der Waals surface area contributed by atoms with E-state index < -0.39 is 11.4 Å². The summed E-state index contributed by atoms with van der Waals surface area (Å²) in [6.45, 7) is 2.56. The van der Waals surface area contributed by atoms with Crippen LogP contribution in [-0.4, -0.2) is 24.1 Å². The van der Waals surface area contributed by atoms with Gasteiger partial charge in [-0.15, -0.1) is 0 Å². The van der Waals surface area contributed by atoms with Crippen molar-refractivity contribution in [3.63, 3.8) is 0 Å². The summed E-state index contributed by atoms with van der Waals surface area (Å²) >= 11 is 5.86. The number of carbonyl (C=O) groups excluding carboxylic acids is 1. The van der Waals surface area contributed by atoms with E-state index >= 15 is 0 Å². The van der Waals surface area contributed by atoms with Crippen LogP contribution in [0.1, 0.15) is 21.6 Å². The minimum absolute atomic E-state index is 0.0124. The van der Waals surface area contributed by atoms with Gasteiger partial charge >= 0.3 is 0 Å². The number of nitrogens with one attached hydrogen (secondary N) is 2. The summed E-state index contributed by atoms with van der Waals surface area (Å²) in [5.41, 5.74) is 1.38. The predicted octanol–water partition coefficient (Wildman–Crippen LogP) is 3.90. The Kier molecular flexibility index (Phi) is 5.06. The van der Waals surface area contributed by atoms with Gasteiger partial charge in [0.15, 0.2) is 0 Å². The first-order valence-corrected chi connectivity index (χ1v) is 8.22. The molecule has 2 aromatic rings. The number of H-pyrrole nitrogens is 1. The first-order valence-electron chi connectivity index (χ1n) is 7.84. The Hall–Kier alpha value is -2.37. The third kappa shape index (κ3) is 3.83. The normalized spacial score (nSPS) is 15.0. The van der Waals surface area contributed by atoms with E-state index in [2.05, 4.69) is 10.3 Å². The highest BCUT2D eigenvalue weighted by Gasteiger charge is 2.41. The molecule has 0 atom stereocenters. The fourth-order valence-electron chi connectivity index (χ4n) is 2.65. The van der Waals surface area contributed by atoms with Crippen molar-refractivity contribution in [2.24, 2.45) is 0 Å². The molecule has 25 heavy (non-hydrogen) atoms. The smallest absolute Gasteiger partial charge is 0.268 e. The van der Waals surface area contributed by atoms with E-state index in [4.69, 9.17) is 16.3 Å². The predicted molar refractivity (Wildman–Crippen MR) is 94.5 cm³/mol. The number of aromatic amines is 1. The van der Waals surface area contributed by atoms with Gasteiger partial charge in [0.2, 0.25) is 0 Å². The number of hydrogen-bond acceptors (Lipinski definition) is 2. The summed E-state index contributed by atoms with van der Waals surface area (Å²) in [5.74, 6) is -0.875. The number of aryl methyl sites for hydroxylation is 1. The molecular formula is C19H18ClFN2O2. The summed E-state index contributed by atoms with van der Waals surface area (Å²) < 4.78 is 19.0. The third-order valence-electron chi connectivity index (χ3n) is 4.04. The van der Waals surface area contributed by atoms with Crippen LogP contribution < -0.4 is 5.32 Å². The fraction of sp³-hybridized carbons (Fsp3) is 0.211. The molecular weight excluding hydrogens is 343 g/mol. The molecule has 6 heteroatoms. The Morgan fingerprint density at radius 1 is 1.24 bits per heavy atom. The highest BCUT2D eigenvalue weighted by atomic mass is 35.5. The molecule has 0 aliphatic carbocycles. The minimum Gasteiger partial charge on any atom is -0.376 e. The van der Waals surface area contributed by atoms with E-state index in [1.807, 2.05) is 30.3 Å². The van der Waals surface area contributed by atoms with Crippen LogP contribution in [0.3, 0.4) is 0 Å². The Bertz CT molecular complexity index is 831. The lowest BCUT2D eigenvalue weighted by Crippen LogP contribution is -2.59. The van der Waals surface area contributed by atoms with Crippen LogP contribution in [-0.2, 0) is 10.3 Å². The van der Waals surface area contributed by atoms with Gasteiger partial charge in [0.25, 0.3) is 5.91 Å². The Morgan fingerprint density at radius 3 is 2.60 bits per heavy atom. The van der Waals surface area contributed by atoms with Gasteiger partial charge < -0.3 is 15.0 Å². The molecule has 2 heterocycles.